The van der Waals surface area contributed by atoms with Gasteiger partial charge in [0, 0.05) is 5.56 Å². The molecule has 1 aliphatic heterocycles. The van der Waals surface area contributed by atoms with E-state index in [1.54, 1.807) is 0 Å². The summed E-state index contributed by atoms with van der Waals surface area (Å²) in [6, 6.07) is 4.08. The summed E-state index contributed by atoms with van der Waals surface area (Å²) in [5.74, 6) is 1.12. The summed E-state index contributed by atoms with van der Waals surface area (Å²) in [7, 11) is 0. The van der Waals surface area contributed by atoms with Crippen molar-refractivity contribution in [1.29, 1.82) is 0 Å². The molecule has 1 aromatic carbocycles. The molecule has 0 radical (unpaired) electrons. The minimum Gasteiger partial charge on any atom is -0.454 e. The van der Waals surface area contributed by atoms with Crippen LogP contribution in [0.4, 0.5) is 0 Å². The van der Waals surface area contributed by atoms with Crippen molar-refractivity contribution in [3.63, 3.8) is 0 Å². The highest BCUT2D eigenvalue weighted by molar-refractivity contribution is 5.54. The van der Waals surface area contributed by atoms with Gasteiger partial charge in [0.15, 0.2) is 11.5 Å². The molecule has 1 aromatic rings. The van der Waals surface area contributed by atoms with Crippen molar-refractivity contribution < 1.29 is 24.4 Å². The van der Waals surface area contributed by atoms with Crippen LogP contribution in [-0.2, 0) is 20.6 Å². The minimum atomic E-state index is -1.27. The van der Waals surface area contributed by atoms with Crippen molar-refractivity contribution in [2.75, 3.05) is 0 Å². The fraction of sp³-hybridized carbons (Fsp3) is 0.700. The standard InChI is InChI=1S/C20H32O5/c1-18(2,3)12-10-13(19(4,5)6)15-14(11-12)22-17(16(21)23-15)24-25-20(7,8)9/h10-11,16-17,21H,1-9H3. The lowest BCUT2D eigenvalue weighted by Crippen LogP contribution is -2.43. The van der Waals surface area contributed by atoms with Crippen LogP contribution < -0.4 is 9.47 Å². The summed E-state index contributed by atoms with van der Waals surface area (Å²) >= 11 is 0. The van der Waals surface area contributed by atoms with E-state index in [9.17, 15) is 5.11 Å². The second kappa shape index (κ2) is 6.45. The number of benzene rings is 1. The molecule has 0 saturated carbocycles. The number of hydrogen-bond acceptors (Lipinski definition) is 5. The van der Waals surface area contributed by atoms with Gasteiger partial charge in [-0.2, -0.15) is 4.89 Å². The minimum absolute atomic E-state index is 0.0489. The van der Waals surface area contributed by atoms with Crippen molar-refractivity contribution >= 4 is 0 Å². The molecular formula is C20H32O5. The summed E-state index contributed by atoms with van der Waals surface area (Å²) in [5, 5.41) is 10.3. The largest absolute Gasteiger partial charge is 0.454 e. The molecule has 0 amide bonds. The maximum Gasteiger partial charge on any atom is 0.292 e. The molecule has 142 valence electrons. The van der Waals surface area contributed by atoms with Crippen molar-refractivity contribution in [2.24, 2.45) is 0 Å². The molecule has 1 aliphatic rings. The van der Waals surface area contributed by atoms with Gasteiger partial charge in [0.1, 0.15) is 0 Å². The van der Waals surface area contributed by atoms with Gasteiger partial charge in [-0.3, -0.25) is 0 Å². The lowest BCUT2D eigenvalue weighted by Gasteiger charge is -2.35. The molecule has 0 aromatic heterocycles. The fourth-order valence-electron chi connectivity index (χ4n) is 2.42. The second-order valence-electron chi connectivity index (χ2n) is 9.64. The Kier molecular flexibility index (Phi) is 5.17. The van der Waals surface area contributed by atoms with Gasteiger partial charge in [-0.1, -0.05) is 47.6 Å². The highest BCUT2D eigenvalue weighted by Gasteiger charge is 2.37. The monoisotopic (exact) mass is 352 g/mol. The summed E-state index contributed by atoms with van der Waals surface area (Å²) in [4.78, 5) is 10.6. The molecular weight excluding hydrogens is 320 g/mol. The first-order valence-corrected chi connectivity index (χ1v) is 8.73. The van der Waals surface area contributed by atoms with E-state index in [2.05, 4.69) is 47.6 Å². The molecule has 0 spiro atoms. The van der Waals surface area contributed by atoms with E-state index in [4.69, 9.17) is 19.2 Å². The Bertz CT molecular complexity index is 617. The molecule has 0 fully saturated rings. The van der Waals surface area contributed by atoms with Gasteiger partial charge in [0.2, 0.25) is 0 Å². The molecule has 0 bridgehead atoms. The Morgan fingerprint density at radius 1 is 0.880 bits per heavy atom. The van der Waals surface area contributed by atoms with Gasteiger partial charge in [0.25, 0.3) is 12.6 Å². The Balaban J connectivity index is 2.42. The third kappa shape index (κ3) is 4.87. The third-order valence-electron chi connectivity index (χ3n) is 3.84. The van der Waals surface area contributed by atoms with Gasteiger partial charge >= 0.3 is 0 Å². The highest BCUT2D eigenvalue weighted by atomic mass is 17.2. The molecule has 5 heteroatoms. The first-order valence-electron chi connectivity index (χ1n) is 8.73. The predicted molar refractivity (Wildman–Crippen MR) is 96.8 cm³/mol. The van der Waals surface area contributed by atoms with Crippen LogP contribution in [0.1, 0.15) is 73.4 Å². The zero-order valence-electron chi connectivity index (χ0n) is 16.9. The highest BCUT2D eigenvalue weighted by Crippen LogP contribution is 2.45. The molecule has 0 saturated heterocycles. The van der Waals surface area contributed by atoms with Gasteiger partial charge in [-0.25, -0.2) is 4.89 Å². The summed E-state index contributed by atoms with van der Waals surface area (Å²) in [6.45, 7) is 18.3. The van der Waals surface area contributed by atoms with Crippen LogP contribution in [0.15, 0.2) is 12.1 Å². The molecule has 1 N–H and O–H groups in total. The maximum atomic E-state index is 10.3. The number of hydrogen-bond donors (Lipinski definition) is 1. The topological polar surface area (TPSA) is 57.2 Å². The van der Waals surface area contributed by atoms with Crippen molar-refractivity contribution in [3.8, 4) is 11.5 Å². The number of aliphatic hydroxyl groups excluding tert-OH is 1. The van der Waals surface area contributed by atoms with Gasteiger partial charge in [-0.05, 0) is 43.2 Å². The Morgan fingerprint density at radius 3 is 1.96 bits per heavy atom. The lowest BCUT2D eigenvalue weighted by molar-refractivity contribution is -0.430. The van der Waals surface area contributed by atoms with E-state index in [-0.39, 0.29) is 10.8 Å². The lowest BCUT2D eigenvalue weighted by atomic mass is 9.80. The van der Waals surface area contributed by atoms with E-state index in [1.165, 1.54) is 0 Å². The first-order chi connectivity index (χ1) is 11.2. The van der Waals surface area contributed by atoms with Gasteiger partial charge in [0.05, 0.1) is 5.60 Å². The Morgan fingerprint density at radius 2 is 1.48 bits per heavy atom. The van der Waals surface area contributed by atoms with E-state index < -0.39 is 18.2 Å². The molecule has 2 unspecified atom stereocenters. The zero-order valence-corrected chi connectivity index (χ0v) is 16.9. The second-order valence-corrected chi connectivity index (χ2v) is 9.64. The molecule has 2 rings (SSSR count). The van der Waals surface area contributed by atoms with E-state index in [1.807, 2.05) is 26.8 Å². The fourth-order valence-corrected chi connectivity index (χ4v) is 2.42. The molecule has 25 heavy (non-hydrogen) atoms. The van der Waals surface area contributed by atoms with Crippen molar-refractivity contribution in [3.05, 3.63) is 23.3 Å². The molecule has 1 heterocycles. The van der Waals surface area contributed by atoms with Crippen LogP contribution in [0.3, 0.4) is 0 Å². The van der Waals surface area contributed by atoms with Crippen LogP contribution in [0, 0.1) is 0 Å². The third-order valence-corrected chi connectivity index (χ3v) is 3.84. The quantitative estimate of drug-likeness (QED) is 0.630. The number of fused-ring (bicyclic) bond motifs is 1. The average Bonchev–Trinajstić information content (AvgIpc) is 2.40. The molecule has 2 atom stereocenters. The zero-order chi connectivity index (χ0) is 19.2. The normalized spacial score (nSPS) is 21.4. The number of rotatable bonds is 2. The number of aliphatic hydroxyl groups is 1. The van der Waals surface area contributed by atoms with Crippen LogP contribution in [-0.4, -0.2) is 23.3 Å². The summed E-state index contributed by atoms with van der Waals surface area (Å²) in [5.41, 5.74) is 1.39. The molecule has 0 aliphatic carbocycles. The predicted octanol–water partition coefficient (Wildman–Crippen LogP) is 4.44. The van der Waals surface area contributed by atoms with Crippen LogP contribution >= 0.6 is 0 Å². The summed E-state index contributed by atoms with van der Waals surface area (Å²) < 4.78 is 11.6. The van der Waals surface area contributed by atoms with E-state index in [0.29, 0.717) is 11.5 Å². The Labute approximate surface area is 151 Å². The molecule has 5 nitrogen and oxygen atoms in total. The van der Waals surface area contributed by atoms with Crippen LogP contribution in [0.5, 0.6) is 11.5 Å². The average molecular weight is 352 g/mol. The van der Waals surface area contributed by atoms with Crippen molar-refractivity contribution in [2.45, 2.75) is 91.3 Å². The van der Waals surface area contributed by atoms with E-state index in [0.717, 1.165) is 11.1 Å². The smallest absolute Gasteiger partial charge is 0.292 e. The number of ether oxygens (including phenoxy) is 2. The summed E-state index contributed by atoms with van der Waals surface area (Å²) in [6.07, 6.45) is -2.31. The maximum absolute atomic E-state index is 10.3. The van der Waals surface area contributed by atoms with Gasteiger partial charge < -0.3 is 14.6 Å². The van der Waals surface area contributed by atoms with Crippen molar-refractivity contribution in [1.82, 2.24) is 0 Å². The SMILES string of the molecule is CC(C)(C)OOC1Oc2cc(C(C)(C)C)cc(C(C)(C)C)c2OC1O. The first kappa shape index (κ1) is 20.0. The van der Waals surface area contributed by atoms with Crippen LogP contribution in [0.2, 0.25) is 0 Å². The Hall–Kier alpha value is -1.30. The van der Waals surface area contributed by atoms with Gasteiger partial charge in [-0.15, -0.1) is 0 Å². The van der Waals surface area contributed by atoms with E-state index >= 15 is 0 Å². The van der Waals surface area contributed by atoms with Crippen LogP contribution in [0.25, 0.3) is 0 Å².